The van der Waals surface area contributed by atoms with E-state index in [1.807, 2.05) is 14.0 Å². The van der Waals surface area contributed by atoms with E-state index in [0.29, 0.717) is 0 Å². The molecule has 1 atom stereocenters. The van der Waals surface area contributed by atoms with Crippen molar-refractivity contribution in [1.82, 2.24) is 15.5 Å². The molecule has 2 N–H and O–H groups in total. The van der Waals surface area contributed by atoms with Crippen LogP contribution in [0.25, 0.3) is 0 Å². The minimum absolute atomic E-state index is 0.0691. The number of nitrogens with one attached hydrogen (secondary N) is 2. The normalized spacial score (nSPS) is 12.9. The maximum Gasteiger partial charge on any atom is 0.223 e. The predicted molar refractivity (Wildman–Crippen MR) is 59.3 cm³/mol. The first-order valence-corrected chi connectivity index (χ1v) is 5.16. The Kier molecular flexibility index (Phi) is 7.42. The summed E-state index contributed by atoms with van der Waals surface area (Å²) in [6, 6.07) is 0. The maximum atomic E-state index is 11.2. The molecule has 4 heteroatoms. The monoisotopic (exact) mass is 201 g/mol. The van der Waals surface area contributed by atoms with Gasteiger partial charge in [0, 0.05) is 19.5 Å². The van der Waals surface area contributed by atoms with Crippen LogP contribution >= 0.6 is 0 Å². The van der Waals surface area contributed by atoms with Gasteiger partial charge in [0.05, 0.1) is 0 Å². The van der Waals surface area contributed by atoms with E-state index in [0.717, 1.165) is 26.1 Å². The molecule has 84 valence electrons. The molecule has 0 aliphatic carbocycles. The third kappa shape index (κ3) is 5.94. The van der Waals surface area contributed by atoms with Crippen molar-refractivity contribution in [3.05, 3.63) is 0 Å². The number of hydrogen-bond donors (Lipinski definition) is 2. The summed E-state index contributed by atoms with van der Waals surface area (Å²) in [5.41, 5.74) is 0. The second-order valence-corrected chi connectivity index (χ2v) is 3.73. The summed E-state index contributed by atoms with van der Waals surface area (Å²) in [4.78, 5) is 13.4. The van der Waals surface area contributed by atoms with E-state index in [2.05, 4.69) is 22.6 Å². The summed E-state index contributed by atoms with van der Waals surface area (Å²) in [6.07, 6.45) is 1.12. The zero-order valence-corrected chi connectivity index (χ0v) is 9.76. The van der Waals surface area contributed by atoms with E-state index in [1.54, 1.807) is 7.05 Å². The third-order valence-corrected chi connectivity index (χ3v) is 2.25. The number of carbonyl (C=O) groups is 1. The van der Waals surface area contributed by atoms with Gasteiger partial charge in [0.2, 0.25) is 5.91 Å². The summed E-state index contributed by atoms with van der Waals surface area (Å²) >= 11 is 0. The molecule has 14 heavy (non-hydrogen) atoms. The van der Waals surface area contributed by atoms with Gasteiger partial charge in [-0.25, -0.2) is 0 Å². The summed E-state index contributed by atoms with van der Waals surface area (Å²) in [7, 11) is 5.68. The van der Waals surface area contributed by atoms with Crippen molar-refractivity contribution >= 4 is 5.91 Å². The molecule has 4 nitrogen and oxygen atoms in total. The van der Waals surface area contributed by atoms with Gasteiger partial charge >= 0.3 is 0 Å². The molecule has 0 bridgehead atoms. The van der Waals surface area contributed by atoms with Gasteiger partial charge in [-0.15, -0.1) is 0 Å². The van der Waals surface area contributed by atoms with E-state index in [9.17, 15) is 4.79 Å². The average molecular weight is 201 g/mol. The average Bonchev–Trinajstić information content (AvgIpc) is 2.16. The molecule has 0 radical (unpaired) electrons. The minimum atomic E-state index is 0.0691. The van der Waals surface area contributed by atoms with Crippen molar-refractivity contribution in [2.45, 2.75) is 13.3 Å². The Bertz CT molecular complexity index is 161. The van der Waals surface area contributed by atoms with E-state index >= 15 is 0 Å². The zero-order valence-electron chi connectivity index (χ0n) is 9.76. The highest BCUT2D eigenvalue weighted by atomic mass is 16.1. The van der Waals surface area contributed by atoms with E-state index in [-0.39, 0.29) is 11.8 Å². The molecule has 0 spiro atoms. The Labute approximate surface area is 87.0 Å². The van der Waals surface area contributed by atoms with Crippen LogP contribution in [-0.2, 0) is 4.79 Å². The highest BCUT2D eigenvalue weighted by molar-refractivity contribution is 5.78. The smallest absolute Gasteiger partial charge is 0.223 e. The predicted octanol–water partition coefficient (Wildman–Crippen LogP) is -0.0902. The van der Waals surface area contributed by atoms with E-state index in [4.69, 9.17) is 0 Å². The molecule has 0 aromatic rings. The summed E-state index contributed by atoms with van der Waals surface area (Å²) in [6.45, 7) is 4.83. The van der Waals surface area contributed by atoms with Crippen molar-refractivity contribution in [1.29, 1.82) is 0 Å². The lowest BCUT2D eigenvalue weighted by Gasteiger charge is -2.20. The van der Waals surface area contributed by atoms with Gasteiger partial charge in [-0.2, -0.15) is 0 Å². The topological polar surface area (TPSA) is 44.4 Å². The number of rotatable bonds is 7. The second kappa shape index (κ2) is 7.76. The number of hydrogen-bond acceptors (Lipinski definition) is 3. The lowest BCUT2D eigenvalue weighted by molar-refractivity contribution is -0.124. The highest BCUT2D eigenvalue weighted by Crippen LogP contribution is 1.98. The third-order valence-electron chi connectivity index (χ3n) is 2.25. The lowest BCUT2D eigenvalue weighted by Crippen LogP contribution is -2.35. The van der Waals surface area contributed by atoms with Gasteiger partial charge in [0.15, 0.2) is 0 Å². The second-order valence-electron chi connectivity index (χ2n) is 3.73. The van der Waals surface area contributed by atoms with Crippen molar-refractivity contribution < 1.29 is 4.79 Å². The number of nitrogens with zero attached hydrogens (tertiary/aromatic N) is 1. The van der Waals surface area contributed by atoms with Crippen molar-refractivity contribution in [3.63, 3.8) is 0 Å². The van der Waals surface area contributed by atoms with Gasteiger partial charge in [0.25, 0.3) is 0 Å². The zero-order chi connectivity index (χ0) is 11.0. The van der Waals surface area contributed by atoms with Crippen LogP contribution in [0.5, 0.6) is 0 Å². The molecule has 0 saturated carbocycles. The molecule has 1 amide bonds. The first-order chi connectivity index (χ1) is 6.61. The first-order valence-electron chi connectivity index (χ1n) is 5.16. The Morgan fingerprint density at radius 1 is 1.43 bits per heavy atom. The molecule has 0 aliphatic heterocycles. The Morgan fingerprint density at radius 3 is 2.57 bits per heavy atom. The fourth-order valence-corrected chi connectivity index (χ4v) is 1.41. The van der Waals surface area contributed by atoms with Gasteiger partial charge in [-0.1, -0.05) is 6.92 Å². The molecule has 0 aromatic heterocycles. The van der Waals surface area contributed by atoms with Gasteiger partial charge in [-0.05, 0) is 33.6 Å². The van der Waals surface area contributed by atoms with Crippen molar-refractivity contribution in [2.75, 3.05) is 40.8 Å². The molecular formula is C10H23N3O. The van der Waals surface area contributed by atoms with Gasteiger partial charge < -0.3 is 15.5 Å². The Hall–Kier alpha value is -0.610. The van der Waals surface area contributed by atoms with Crippen molar-refractivity contribution in [3.8, 4) is 0 Å². The minimum Gasteiger partial charge on any atom is -0.359 e. The van der Waals surface area contributed by atoms with E-state index in [1.165, 1.54) is 0 Å². The first kappa shape index (κ1) is 13.4. The number of amides is 1. The molecule has 0 fully saturated rings. The molecule has 1 unspecified atom stereocenters. The fourth-order valence-electron chi connectivity index (χ4n) is 1.41. The summed E-state index contributed by atoms with van der Waals surface area (Å²) in [5, 5.41) is 5.76. The largest absolute Gasteiger partial charge is 0.359 e. The van der Waals surface area contributed by atoms with Gasteiger partial charge in [0.1, 0.15) is 0 Å². The Balaban J connectivity index is 3.59. The fraction of sp³-hybridized carbons (Fsp3) is 0.900. The quantitative estimate of drug-likeness (QED) is 0.566. The van der Waals surface area contributed by atoms with Gasteiger partial charge in [-0.3, -0.25) is 4.79 Å². The van der Waals surface area contributed by atoms with Crippen LogP contribution in [0.2, 0.25) is 0 Å². The molecule has 0 saturated heterocycles. The standard InChI is InChI=1S/C10H23N3O/c1-9(10(14)12-3)8-13(4)7-5-6-11-2/h9,11H,5-8H2,1-4H3,(H,12,14). The van der Waals surface area contributed by atoms with Crippen LogP contribution < -0.4 is 10.6 Å². The van der Waals surface area contributed by atoms with Crippen LogP contribution in [-0.4, -0.2) is 51.6 Å². The number of carbonyl (C=O) groups excluding carboxylic acids is 1. The highest BCUT2D eigenvalue weighted by Gasteiger charge is 2.12. The van der Waals surface area contributed by atoms with Crippen LogP contribution in [0.15, 0.2) is 0 Å². The molecule has 0 aromatic carbocycles. The Morgan fingerprint density at radius 2 is 2.07 bits per heavy atom. The summed E-state index contributed by atoms with van der Waals surface area (Å²) < 4.78 is 0. The van der Waals surface area contributed by atoms with E-state index < -0.39 is 0 Å². The molecule has 0 rings (SSSR count). The van der Waals surface area contributed by atoms with Crippen LogP contribution in [0.3, 0.4) is 0 Å². The molecular weight excluding hydrogens is 178 g/mol. The lowest BCUT2D eigenvalue weighted by atomic mass is 10.1. The van der Waals surface area contributed by atoms with Crippen LogP contribution in [0, 0.1) is 5.92 Å². The van der Waals surface area contributed by atoms with Crippen LogP contribution in [0.4, 0.5) is 0 Å². The van der Waals surface area contributed by atoms with Crippen molar-refractivity contribution in [2.24, 2.45) is 5.92 Å². The SMILES string of the molecule is CNCCCN(C)CC(C)C(=O)NC. The molecule has 0 aliphatic rings. The molecule has 0 heterocycles. The summed E-state index contributed by atoms with van der Waals surface area (Å²) in [5.74, 6) is 0.185. The maximum absolute atomic E-state index is 11.2. The van der Waals surface area contributed by atoms with Crippen LogP contribution in [0.1, 0.15) is 13.3 Å².